The molecule has 1 saturated heterocycles. The van der Waals surface area contributed by atoms with E-state index in [-0.39, 0.29) is 53.0 Å². The molecule has 1 aromatic carbocycles. The number of hydrogen-bond donors (Lipinski definition) is 1. The summed E-state index contributed by atoms with van der Waals surface area (Å²) in [5.74, 6) is -0.249. The van der Waals surface area contributed by atoms with Crippen LogP contribution in [-0.4, -0.2) is 76.7 Å². The Morgan fingerprint density at radius 1 is 1.00 bits per heavy atom. The normalized spacial score (nSPS) is 17.2. The summed E-state index contributed by atoms with van der Waals surface area (Å²) in [4.78, 5) is 49.8. The lowest BCUT2D eigenvalue weighted by Gasteiger charge is -2.57. The van der Waals surface area contributed by atoms with Gasteiger partial charge in [0.15, 0.2) is 0 Å². The molecule has 14 heteroatoms. The number of hydrogen-bond acceptors (Lipinski definition) is 9. The largest absolute Gasteiger partial charge is 0.474 e. The van der Waals surface area contributed by atoms with E-state index in [4.69, 9.17) is 30.5 Å². The molecule has 3 amide bonds. The van der Waals surface area contributed by atoms with Crippen LogP contribution in [0.4, 0.5) is 30.3 Å². The number of nitrogens with one attached hydrogen (secondary N) is 1. The van der Waals surface area contributed by atoms with E-state index in [1.165, 1.54) is 17.3 Å². The van der Waals surface area contributed by atoms with Crippen molar-refractivity contribution in [3.63, 3.8) is 0 Å². The Bertz CT molecular complexity index is 1810. The van der Waals surface area contributed by atoms with Gasteiger partial charge in [-0.1, -0.05) is 11.6 Å². The van der Waals surface area contributed by atoms with Crippen LogP contribution in [-0.2, 0) is 14.2 Å². The average molecular weight is 684 g/mol. The molecule has 2 fully saturated rings. The number of carbonyl (C=O) groups is 3. The van der Waals surface area contributed by atoms with E-state index < -0.39 is 29.2 Å². The zero-order valence-corrected chi connectivity index (χ0v) is 28.8. The van der Waals surface area contributed by atoms with E-state index in [0.717, 1.165) is 0 Å². The molecule has 1 spiro atoms. The van der Waals surface area contributed by atoms with Gasteiger partial charge in [0.1, 0.15) is 41.2 Å². The summed E-state index contributed by atoms with van der Waals surface area (Å²) in [5, 5.41) is 3.36. The molecule has 6 rings (SSSR count). The fraction of sp³-hybridized carbons (Fsp3) is 0.500. The van der Waals surface area contributed by atoms with E-state index in [9.17, 15) is 14.4 Å². The molecule has 1 N–H and O–H groups in total. The van der Waals surface area contributed by atoms with Gasteiger partial charge in [-0.3, -0.25) is 10.2 Å². The number of benzene rings is 1. The van der Waals surface area contributed by atoms with E-state index in [2.05, 4.69) is 15.3 Å². The standard InChI is InChI=1S/C34H39ClFN5O7/c1-18-22(14-38-28-27(18)41(8-9-45-28)31(44)48-33(5,6)7)21-10-19-11-24(37-15-23(19)25(35)26(21)36)39-29(42)46-20-12-34(13-20)16-40(17-34)30(43)47-32(2,3)4/h10-11,14-15,20H,8-9,12-13,16-17H2,1-7H3,(H,37,39,42). The molecule has 3 aromatic rings. The van der Waals surface area contributed by atoms with Gasteiger partial charge < -0.3 is 23.8 Å². The maximum absolute atomic E-state index is 15.8. The molecule has 256 valence electrons. The fourth-order valence-electron chi connectivity index (χ4n) is 6.35. The molecule has 0 radical (unpaired) electrons. The highest BCUT2D eigenvalue weighted by molar-refractivity contribution is 6.36. The SMILES string of the molecule is Cc1c(-c2cc3cc(NC(=O)OC4CC5(C4)CN(C(=O)OC(C)(C)C)C5)ncc3c(Cl)c2F)cnc2c1N(C(=O)OC(C)(C)C)CCO2. The van der Waals surface area contributed by atoms with Crippen molar-refractivity contribution >= 4 is 52.2 Å². The van der Waals surface area contributed by atoms with Gasteiger partial charge in [0, 0.05) is 47.4 Å². The third kappa shape index (κ3) is 6.65. The summed E-state index contributed by atoms with van der Waals surface area (Å²) in [5.41, 5.74) is 0.158. The van der Waals surface area contributed by atoms with Crippen molar-refractivity contribution in [1.29, 1.82) is 0 Å². The van der Waals surface area contributed by atoms with Crippen LogP contribution in [0.15, 0.2) is 24.5 Å². The maximum atomic E-state index is 15.8. The molecule has 12 nitrogen and oxygen atoms in total. The summed E-state index contributed by atoms with van der Waals surface area (Å²) in [7, 11) is 0. The molecule has 0 bridgehead atoms. The van der Waals surface area contributed by atoms with Crippen LogP contribution in [0.1, 0.15) is 59.9 Å². The Morgan fingerprint density at radius 3 is 2.33 bits per heavy atom. The van der Waals surface area contributed by atoms with Gasteiger partial charge in [-0.05, 0) is 84.4 Å². The summed E-state index contributed by atoms with van der Waals surface area (Å²) in [6.07, 6.45) is 2.30. The van der Waals surface area contributed by atoms with Crippen LogP contribution >= 0.6 is 11.6 Å². The van der Waals surface area contributed by atoms with Crippen molar-refractivity contribution in [2.75, 3.05) is 36.5 Å². The van der Waals surface area contributed by atoms with E-state index in [1.54, 1.807) is 44.7 Å². The van der Waals surface area contributed by atoms with E-state index in [0.29, 0.717) is 53.5 Å². The number of likely N-dealkylation sites (tertiary alicyclic amines) is 1. The van der Waals surface area contributed by atoms with Crippen LogP contribution in [0.5, 0.6) is 5.88 Å². The molecule has 1 aliphatic carbocycles. The minimum absolute atomic E-state index is 0.0556. The number of fused-ring (bicyclic) bond motifs is 2. The second-order valence-corrected chi connectivity index (χ2v) is 15.0. The van der Waals surface area contributed by atoms with Crippen LogP contribution in [0, 0.1) is 18.2 Å². The number of rotatable bonds is 3. The minimum Gasteiger partial charge on any atom is -0.474 e. The number of nitrogens with zero attached hydrogens (tertiary/aromatic N) is 4. The Morgan fingerprint density at radius 2 is 1.67 bits per heavy atom. The summed E-state index contributed by atoms with van der Waals surface area (Å²) in [6, 6.07) is 3.17. The third-order valence-electron chi connectivity index (χ3n) is 8.43. The van der Waals surface area contributed by atoms with Gasteiger partial charge in [-0.2, -0.15) is 0 Å². The monoisotopic (exact) mass is 683 g/mol. The molecular weight excluding hydrogens is 645 g/mol. The molecule has 0 unspecified atom stereocenters. The number of ether oxygens (including phenoxy) is 4. The molecule has 2 aliphatic heterocycles. The minimum atomic E-state index is -0.722. The first kappa shape index (κ1) is 33.5. The fourth-order valence-corrected chi connectivity index (χ4v) is 6.61. The zero-order valence-electron chi connectivity index (χ0n) is 28.0. The van der Waals surface area contributed by atoms with Crippen molar-refractivity contribution < 1.29 is 37.7 Å². The lowest BCUT2D eigenvalue weighted by Crippen LogP contribution is -2.66. The lowest BCUT2D eigenvalue weighted by atomic mass is 9.62. The van der Waals surface area contributed by atoms with Gasteiger partial charge >= 0.3 is 18.3 Å². The zero-order chi connectivity index (χ0) is 34.8. The quantitative estimate of drug-likeness (QED) is 0.279. The van der Waals surface area contributed by atoms with Crippen LogP contribution in [0.3, 0.4) is 0 Å². The number of anilines is 2. The smallest absolute Gasteiger partial charge is 0.415 e. The van der Waals surface area contributed by atoms with Crippen molar-refractivity contribution in [2.24, 2.45) is 5.41 Å². The molecular formula is C34H39ClFN5O7. The first-order chi connectivity index (χ1) is 22.4. The highest BCUT2D eigenvalue weighted by Gasteiger charge is 2.55. The van der Waals surface area contributed by atoms with E-state index in [1.807, 2.05) is 20.8 Å². The second kappa shape index (κ2) is 11.9. The lowest BCUT2D eigenvalue weighted by molar-refractivity contribution is -0.125. The first-order valence-corrected chi connectivity index (χ1v) is 16.2. The van der Waals surface area contributed by atoms with Crippen LogP contribution in [0.2, 0.25) is 5.02 Å². The Kier molecular flexibility index (Phi) is 8.33. The Hall–Kier alpha value is -4.39. The first-order valence-electron chi connectivity index (χ1n) is 15.8. The van der Waals surface area contributed by atoms with Gasteiger partial charge in [0.05, 0.1) is 11.6 Å². The Labute approximate surface area is 282 Å². The second-order valence-electron chi connectivity index (χ2n) is 14.7. The van der Waals surface area contributed by atoms with Crippen molar-refractivity contribution in [2.45, 2.75) is 78.6 Å². The van der Waals surface area contributed by atoms with Crippen molar-refractivity contribution in [3.8, 4) is 17.0 Å². The number of aromatic nitrogens is 2. The van der Waals surface area contributed by atoms with Gasteiger partial charge in [-0.15, -0.1) is 0 Å². The molecule has 0 atom stereocenters. The van der Waals surface area contributed by atoms with Crippen LogP contribution < -0.4 is 15.0 Å². The Balaban J connectivity index is 1.16. The number of pyridine rings is 2. The highest BCUT2D eigenvalue weighted by Crippen LogP contribution is 2.50. The molecule has 2 aromatic heterocycles. The van der Waals surface area contributed by atoms with Crippen molar-refractivity contribution in [1.82, 2.24) is 14.9 Å². The van der Waals surface area contributed by atoms with Gasteiger partial charge in [0.2, 0.25) is 5.88 Å². The summed E-state index contributed by atoms with van der Waals surface area (Å²) < 4.78 is 38.1. The number of carbonyl (C=O) groups excluding carboxylic acids is 3. The van der Waals surface area contributed by atoms with Gasteiger partial charge in [0.25, 0.3) is 0 Å². The molecule has 1 saturated carbocycles. The number of halogens is 2. The van der Waals surface area contributed by atoms with Gasteiger partial charge in [-0.25, -0.2) is 28.7 Å². The predicted octanol–water partition coefficient (Wildman–Crippen LogP) is 7.48. The highest BCUT2D eigenvalue weighted by atomic mass is 35.5. The van der Waals surface area contributed by atoms with Crippen molar-refractivity contribution in [3.05, 3.63) is 40.9 Å². The topological polar surface area (TPSA) is 132 Å². The molecule has 4 heterocycles. The van der Waals surface area contributed by atoms with E-state index >= 15 is 4.39 Å². The maximum Gasteiger partial charge on any atom is 0.415 e. The molecule has 3 aliphatic rings. The predicted molar refractivity (Wildman–Crippen MR) is 177 cm³/mol. The number of amides is 3. The third-order valence-corrected chi connectivity index (χ3v) is 8.80. The molecule has 48 heavy (non-hydrogen) atoms. The van der Waals surface area contributed by atoms with Crippen LogP contribution in [0.25, 0.3) is 21.9 Å². The summed E-state index contributed by atoms with van der Waals surface area (Å²) in [6.45, 7) is 14.2. The summed E-state index contributed by atoms with van der Waals surface area (Å²) >= 11 is 6.50. The average Bonchev–Trinajstić information content (AvgIpc) is 2.93.